The van der Waals surface area contributed by atoms with E-state index in [1.165, 1.54) is 29.5 Å². The number of nitrogens with two attached hydrogens (primary N) is 1. The van der Waals surface area contributed by atoms with Gasteiger partial charge in [-0.05, 0) is 24.1 Å². The number of hydrogen-bond donors (Lipinski definition) is 3. The molecule has 30 heavy (non-hydrogen) atoms. The molecule has 1 aromatic carbocycles. The molecule has 1 aliphatic rings. The minimum absolute atomic E-state index is 0.0422. The number of amides is 2. The van der Waals surface area contributed by atoms with Gasteiger partial charge in [0, 0.05) is 5.75 Å². The Labute approximate surface area is 177 Å². The van der Waals surface area contributed by atoms with Gasteiger partial charge in [0.1, 0.15) is 18.3 Å². The van der Waals surface area contributed by atoms with Crippen LogP contribution in [0.4, 0.5) is 5.69 Å². The lowest BCUT2D eigenvalue weighted by Crippen LogP contribution is -2.41. The van der Waals surface area contributed by atoms with Crippen LogP contribution in [0.15, 0.2) is 52.3 Å². The number of benzene rings is 1. The number of fused-ring (bicyclic) bond motifs is 1. The van der Waals surface area contributed by atoms with Crippen LogP contribution in [-0.4, -0.2) is 47.8 Å². The van der Waals surface area contributed by atoms with E-state index >= 15 is 0 Å². The quantitative estimate of drug-likeness (QED) is 0.538. The van der Waals surface area contributed by atoms with E-state index < -0.39 is 35.4 Å². The van der Waals surface area contributed by atoms with Crippen LogP contribution in [0.5, 0.6) is 0 Å². The summed E-state index contributed by atoms with van der Waals surface area (Å²) in [7, 11) is 1.22. The highest BCUT2D eigenvalue weighted by atomic mass is 32.2. The number of carbonyl (C=O) groups is 3. The number of pyridine rings is 1. The number of hydrogen-bond acceptors (Lipinski definition) is 7. The zero-order valence-electron chi connectivity index (χ0n) is 16.3. The maximum Gasteiger partial charge on any atom is 0.325 e. The average Bonchev–Trinajstić information content (AvgIpc) is 3.19. The first-order valence-electron chi connectivity index (χ1n) is 9.24. The molecular formula is C20H22N4O5S. The van der Waals surface area contributed by atoms with Crippen molar-refractivity contribution in [3.63, 3.8) is 0 Å². The number of carbonyl (C=O) groups excluding carboxylic acids is 3. The molecule has 2 atom stereocenters. The molecule has 2 heterocycles. The Hall–Kier alpha value is -3.11. The van der Waals surface area contributed by atoms with Gasteiger partial charge in [0.25, 0.3) is 5.56 Å². The number of thioether (sulfide) groups is 1. The number of anilines is 1. The number of methoxy groups -OCH3 is 1. The van der Waals surface area contributed by atoms with Crippen molar-refractivity contribution in [2.75, 3.05) is 24.7 Å². The fourth-order valence-corrected chi connectivity index (χ4v) is 4.15. The standard InChI is InChI=1S/C20H22N4O5S/c1-29-17(25)10-22-19(27)15-11-30-16-8-7-14(20(28)24(15)16)23-18(26)13(21)9-12-5-3-2-4-6-12/h2-8,13,15H,9-11,21H2,1H3,(H,22,27)(H,23,26)/t13-,15-/m0/s1. The molecule has 3 rings (SSSR count). The highest BCUT2D eigenvalue weighted by Crippen LogP contribution is 2.32. The second-order valence-corrected chi connectivity index (χ2v) is 7.71. The molecule has 1 aromatic heterocycles. The van der Waals surface area contributed by atoms with Crippen LogP contribution in [0.3, 0.4) is 0 Å². The van der Waals surface area contributed by atoms with Gasteiger partial charge in [0.05, 0.1) is 18.2 Å². The molecule has 9 nitrogen and oxygen atoms in total. The van der Waals surface area contributed by atoms with Crippen molar-refractivity contribution in [2.24, 2.45) is 5.73 Å². The Morgan fingerprint density at radius 3 is 2.67 bits per heavy atom. The molecule has 0 saturated heterocycles. The summed E-state index contributed by atoms with van der Waals surface area (Å²) in [5.74, 6) is -1.21. The van der Waals surface area contributed by atoms with Gasteiger partial charge in [0.15, 0.2) is 0 Å². The van der Waals surface area contributed by atoms with Crippen LogP contribution in [0.25, 0.3) is 0 Å². The highest BCUT2D eigenvalue weighted by Gasteiger charge is 2.31. The molecule has 10 heteroatoms. The first-order valence-corrected chi connectivity index (χ1v) is 10.2. The van der Waals surface area contributed by atoms with E-state index in [4.69, 9.17) is 5.73 Å². The first-order chi connectivity index (χ1) is 14.4. The molecule has 4 N–H and O–H groups in total. The summed E-state index contributed by atoms with van der Waals surface area (Å²) in [6.45, 7) is -0.286. The van der Waals surface area contributed by atoms with E-state index in [0.29, 0.717) is 17.2 Å². The summed E-state index contributed by atoms with van der Waals surface area (Å²) in [5, 5.41) is 5.62. The Morgan fingerprint density at radius 1 is 1.23 bits per heavy atom. The smallest absolute Gasteiger partial charge is 0.325 e. The average molecular weight is 430 g/mol. The molecule has 0 unspecified atom stereocenters. The van der Waals surface area contributed by atoms with Crippen molar-refractivity contribution < 1.29 is 19.1 Å². The molecule has 1 aliphatic heterocycles. The number of nitrogens with zero attached hydrogens (tertiary/aromatic N) is 1. The normalized spacial score (nSPS) is 15.7. The monoisotopic (exact) mass is 430 g/mol. The fraction of sp³-hybridized carbons (Fsp3) is 0.300. The summed E-state index contributed by atoms with van der Waals surface area (Å²) >= 11 is 1.34. The van der Waals surface area contributed by atoms with Gasteiger partial charge in [-0.3, -0.25) is 23.7 Å². The van der Waals surface area contributed by atoms with Crippen LogP contribution in [0, 0.1) is 0 Å². The number of rotatable bonds is 7. The number of aromatic nitrogens is 1. The molecule has 0 radical (unpaired) electrons. The van der Waals surface area contributed by atoms with E-state index in [-0.39, 0.29) is 12.2 Å². The molecule has 2 amide bonds. The molecule has 0 saturated carbocycles. The lowest BCUT2D eigenvalue weighted by atomic mass is 10.1. The third kappa shape index (κ3) is 4.89. The second kappa shape index (κ2) is 9.59. The lowest BCUT2D eigenvalue weighted by Gasteiger charge is -2.16. The van der Waals surface area contributed by atoms with E-state index in [2.05, 4.69) is 15.4 Å². The van der Waals surface area contributed by atoms with Crippen molar-refractivity contribution in [2.45, 2.75) is 23.5 Å². The number of nitrogens with one attached hydrogen (secondary N) is 2. The van der Waals surface area contributed by atoms with E-state index in [9.17, 15) is 19.2 Å². The van der Waals surface area contributed by atoms with Crippen molar-refractivity contribution in [3.8, 4) is 0 Å². The molecule has 2 aromatic rings. The van der Waals surface area contributed by atoms with E-state index in [0.717, 1.165) is 5.56 Å². The SMILES string of the molecule is COC(=O)CNC(=O)[C@@H]1CSc2ccc(NC(=O)[C@@H](N)Cc3ccccc3)c(=O)n21. The minimum Gasteiger partial charge on any atom is -0.468 e. The van der Waals surface area contributed by atoms with Crippen molar-refractivity contribution >= 4 is 35.2 Å². The zero-order chi connectivity index (χ0) is 21.7. The number of ether oxygens (including phenoxy) is 1. The Morgan fingerprint density at radius 2 is 1.97 bits per heavy atom. The van der Waals surface area contributed by atoms with E-state index in [1.54, 1.807) is 6.07 Å². The number of esters is 1. The van der Waals surface area contributed by atoms with Gasteiger partial charge < -0.3 is 21.1 Å². The van der Waals surface area contributed by atoms with Gasteiger partial charge in [-0.15, -0.1) is 11.8 Å². The van der Waals surface area contributed by atoms with Crippen LogP contribution < -0.4 is 21.9 Å². The predicted molar refractivity (Wildman–Crippen MR) is 112 cm³/mol. The maximum atomic E-state index is 12.9. The summed E-state index contributed by atoms with van der Waals surface area (Å²) < 4.78 is 5.81. The van der Waals surface area contributed by atoms with Gasteiger partial charge in [-0.25, -0.2) is 0 Å². The fourth-order valence-electron chi connectivity index (χ4n) is 3.01. The van der Waals surface area contributed by atoms with E-state index in [1.807, 2.05) is 30.3 Å². The van der Waals surface area contributed by atoms with Gasteiger partial charge >= 0.3 is 5.97 Å². The Balaban J connectivity index is 1.72. The lowest BCUT2D eigenvalue weighted by molar-refractivity contribution is -0.141. The summed E-state index contributed by atoms with van der Waals surface area (Å²) in [4.78, 5) is 49.1. The second-order valence-electron chi connectivity index (χ2n) is 6.67. The minimum atomic E-state index is -0.835. The Kier molecular flexibility index (Phi) is 6.91. The zero-order valence-corrected chi connectivity index (χ0v) is 17.1. The highest BCUT2D eigenvalue weighted by molar-refractivity contribution is 7.99. The summed E-state index contributed by atoms with van der Waals surface area (Å²) in [6.07, 6.45) is 0.327. The van der Waals surface area contributed by atoms with Gasteiger partial charge in [0.2, 0.25) is 11.8 Å². The van der Waals surface area contributed by atoms with Crippen LogP contribution in [-0.2, 0) is 25.5 Å². The van der Waals surface area contributed by atoms with Crippen molar-refractivity contribution in [1.82, 2.24) is 9.88 Å². The van der Waals surface area contributed by atoms with Gasteiger partial charge in [-0.1, -0.05) is 30.3 Å². The molecule has 0 aliphatic carbocycles. The molecule has 0 fully saturated rings. The van der Waals surface area contributed by atoms with Crippen molar-refractivity contribution in [3.05, 3.63) is 58.4 Å². The van der Waals surface area contributed by atoms with Crippen LogP contribution in [0.1, 0.15) is 11.6 Å². The predicted octanol–water partition coefficient (Wildman–Crippen LogP) is 0.293. The first kappa shape index (κ1) is 21.6. The third-order valence-corrected chi connectivity index (χ3v) is 5.72. The van der Waals surface area contributed by atoms with Gasteiger partial charge in [-0.2, -0.15) is 0 Å². The molecule has 158 valence electrons. The Bertz CT molecular complexity index is 1010. The topological polar surface area (TPSA) is 133 Å². The maximum absolute atomic E-state index is 12.9. The molecule has 0 bridgehead atoms. The van der Waals surface area contributed by atoms with Crippen LogP contribution in [0.2, 0.25) is 0 Å². The van der Waals surface area contributed by atoms with Crippen molar-refractivity contribution in [1.29, 1.82) is 0 Å². The summed E-state index contributed by atoms with van der Waals surface area (Å²) in [5.41, 5.74) is 6.43. The van der Waals surface area contributed by atoms with Crippen LogP contribution >= 0.6 is 11.8 Å². The molecule has 0 spiro atoms. The summed E-state index contributed by atoms with van der Waals surface area (Å²) in [6, 6.07) is 10.9. The molecular weight excluding hydrogens is 408 g/mol. The largest absolute Gasteiger partial charge is 0.468 e. The third-order valence-electron chi connectivity index (χ3n) is 4.61.